The first-order valence-electron chi connectivity index (χ1n) is 9.81. The van der Waals surface area contributed by atoms with E-state index in [1.165, 1.54) is 0 Å². The molecule has 6 heteroatoms. The van der Waals surface area contributed by atoms with E-state index in [1.54, 1.807) is 35.2 Å². The van der Waals surface area contributed by atoms with Crippen molar-refractivity contribution in [1.82, 2.24) is 4.90 Å². The van der Waals surface area contributed by atoms with Crippen LogP contribution in [0.1, 0.15) is 38.9 Å². The second-order valence-corrected chi connectivity index (χ2v) is 8.50. The molecule has 0 fully saturated rings. The normalized spacial score (nSPS) is 15.5. The molecule has 31 heavy (non-hydrogen) atoms. The Labute approximate surface area is 188 Å². The molecule has 0 bridgehead atoms. The molecule has 0 spiro atoms. The molecule has 0 aliphatic carbocycles. The van der Waals surface area contributed by atoms with E-state index in [2.05, 4.69) is 0 Å². The van der Waals surface area contributed by atoms with Crippen molar-refractivity contribution in [3.05, 3.63) is 115 Å². The van der Waals surface area contributed by atoms with Crippen molar-refractivity contribution >= 4 is 40.1 Å². The smallest absolute Gasteiger partial charge is 0.291 e. The van der Waals surface area contributed by atoms with Crippen LogP contribution in [-0.2, 0) is 6.54 Å². The van der Waals surface area contributed by atoms with Crippen molar-refractivity contribution < 1.29 is 9.21 Å². The van der Waals surface area contributed by atoms with Crippen LogP contribution in [0, 0.1) is 6.92 Å². The fraction of sp³-hybridized carbons (Fsp3) is 0.120. The molecule has 1 amide bonds. The maximum Gasteiger partial charge on any atom is 0.291 e. The summed E-state index contributed by atoms with van der Waals surface area (Å²) in [7, 11) is 0. The minimum absolute atomic E-state index is 0.0772. The predicted octanol–water partition coefficient (Wildman–Crippen LogP) is 6.15. The van der Waals surface area contributed by atoms with E-state index >= 15 is 0 Å². The summed E-state index contributed by atoms with van der Waals surface area (Å²) in [4.78, 5) is 28.6. The Bertz CT molecular complexity index is 1390. The number of fused-ring (bicyclic) bond motifs is 2. The van der Waals surface area contributed by atoms with Gasteiger partial charge in [-0.05, 0) is 48.4 Å². The quantitative estimate of drug-likeness (QED) is 0.376. The number of hydrogen-bond donors (Lipinski definition) is 0. The van der Waals surface area contributed by atoms with E-state index in [9.17, 15) is 9.59 Å². The van der Waals surface area contributed by atoms with Crippen LogP contribution in [0.25, 0.3) is 11.0 Å². The molecule has 4 aromatic rings. The van der Waals surface area contributed by atoms with Crippen LogP contribution in [0.4, 0.5) is 0 Å². The van der Waals surface area contributed by atoms with Gasteiger partial charge >= 0.3 is 0 Å². The van der Waals surface area contributed by atoms with Crippen molar-refractivity contribution in [3.63, 3.8) is 0 Å². The molecule has 1 aliphatic rings. The molecule has 154 valence electrons. The third kappa shape index (κ3) is 3.32. The van der Waals surface area contributed by atoms with Crippen LogP contribution in [0.3, 0.4) is 0 Å². The zero-order valence-electron chi connectivity index (χ0n) is 16.6. The molecule has 2 heterocycles. The Balaban J connectivity index is 1.74. The fourth-order valence-corrected chi connectivity index (χ4v) is 4.42. The van der Waals surface area contributed by atoms with E-state index in [4.69, 9.17) is 27.6 Å². The van der Waals surface area contributed by atoms with Gasteiger partial charge in [-0.2, -0.15) is 0 Å². The maximum absolute atomic E-state index is 13.5. The van der Waals surface area contributed by atoms with E-state index in [0.29, 0.717) is 26.6 Å². The average molecular weight is 450 g/mol. The van der Waals surface area contributed by atoms with Gasteiger partial charge in [0.15, 0.2) is 5.43 Å². The number of benzene rings is 3. The number of nitrogens with zero attached hydrogens (tertiary/aromatic N) is 1. The van der Waals surface area contributed by atoms with Crippen molar-refractivity contribution in [3.8, 4) is 0 Å². The summed E-state index contributed by atoms with van der Waals surface area (Å²) in [5.74, 6) is -0.261. The number of carbonyl (C=O) groups is 1. The Morgan fingerprint density at radius 1 is 0.968 bits per heavy atom. The van der Waals surface area contributed by atoms with Gasteiger partial charge in [0.1, 0.15) is 5.58 Å². The summed E-state index contributed by atoms with van der Waals surface area (Å²) < 4.78 is 5.98. The van der Waals surface area contributed by atoms with Gasteiger partial charge in [0.2, 0.25) is 5.76 Å². The van der Waals surface area contributed by atoms with Crippen LogP contribution in [0.5, 0.6) is 0 Å². The van der Waals surface area contributed by atoms with Gasteiger partial charge in [-0.1, -0.05) is 65.2 Å². The number of hydrogen-bond acceptors (Lipinski definition) is 3. The third-order valence-corrected chi connectivity index (χ3v) is 6.23. The third-order valence-electron chi connectivity index (χ3n) is 5.61. The Morgan fingerprint density at radius 3 is 2.45 bits per heavy atom. The SMILES string of the molecule is Cc1ccc2oc3c(c(=O)c2c1)C(c1ccc(Cl)cc1)N(Cc1ccccc1Cl)C3=O. The van der Waals surface area contributed by atoms with E-state index in [1.807, 2.05) is 43.3 Å². The lowest BCUT2D eigenvalue weighted by molar-refractivity contribution is 0.0714. The van der Waals surface area contributed by atoms with E-state index in [-0.39, 0.29) is 23.6 Å². The largest absolute Gasteiger partial charge is 0.450 e. The molecular weight excluding hydrogens is 433 g/mol. The molecule has 0 N–H and O–H groups in total. The molecule has 1 aromatic heterocycles. The molecule has 3 aromatic carbocycles. The monoisotopic (exact) mass is 449 g/mol. The summed E-state index contributed by atoms with van der Waals surface area (Å²) in [6, 6.07) is 19.3. The Morgan fingerprint density at radius 2 is 1.71 bits per heavy atom. The fourth-order valence-electron chi connectivity index (χ4n) is 4.10. The highest BCUT2D eigenvalue weighted by Crippen LogP contribution is 2.40. The number of carbonyl (C=O) groups excluding carboxylic acids is 1. The molecule has 0 radical (unpaired) electrons. The standard InChI is InChI=1S/C25H17Cl2NO3/c1-14-6-11-20-18(12-14)23(29)21-22(15-7-9-17(26)10-8-15)28(25(30)24(21)31-20)13-16-4-2-3-5-19(16)27/h2-12,22H,13H2,1H3. The topological polar surface area (TPSA) is 50.5 Å². The van der Waals surface area contributed by atoms with Gasteiger partial charge in [-0.25, -0.2) is 0 Å². The number of rotatable bonds is 3. The van der Waals surface area contributed by atoms with Gasteiger partial charge in [0.25, 0.3) is 5.91 Å². The van der Waals surface area contributed by atoms with Crippen LogP contribution in [-0.4, -0.2) is 10.8 Å². The zero-order chi connectivity index (χ0) is 21.7. The summed E-state index contributed by atoms with van der Waals surface area (Å²) in [6.45, 7) is 2.16. The lowest BCUT2D eigenvalue weighted by atomic mass is 9.98. The molecule has 5 rings (SSSR count). The molecule has 0 saturated heterocycles. The van der Waals surface area contributed by atoms with Gasteiger partial charge in [-0.3, -0.25) is 9.59 Å². The van der Waals surface area contributed by atoms with Gasteiger partial charge in [0.05, 0.1) is 17.0 Å². The first kappa shape index (κ1) is 19.9. The Hall–Kier alpha value is -3.08. The van der Waals surface area contributed by atoms with E-state index < -0.39 is 6.04 Å². The summed E-state index contributed by atoms with van der Waals surface area (Å²) in [6.07, 6.45) is 0. The molecule has 1 unspecified atom stereocenters. The average Bonchev–Trinajstić information content (AvgIpc) is 3.03. The second-order valence-electron chi connectivity index (χ2n) is 7.65. The van der Waals surface area contributed by atoms with Crippen LogP contribution in [0.15, 0.2) is 75.9 Å². The highest BCUT2D eigenvalue weighted by Gasteiger charge is 2.42. The molecule has 1 atom stereocenters. The first-order chi connectivity index (χ1) is 14.9. The molecule has 0 saturated carbocycles. The zero-order valence-corrected chi connectivity index (χ0v) is 18.1. The maximum atomic E-state index is 13.5. The van der Waals surface area contributed by atoms with Crippen LogP contribution in [0.2, 0.25) is 10.0 Å². The number of aryl methyl sites for hydroxylation is 1. The van der Waals surface area contributed by atoms with Crippen LogP contribution >= 0.6 is 23.2 Å². The molecule has 4 nitrogen and oxygen atoms in total. The van der Waals surface area contributed by atoms with Gasteiger partial charge in [0, 0.05) is 16.6 Å². The highest BCUT2D eigenvalue weighted by molar-refractivity contribution is 6.31. The lowest BCUT2D eigenvalue weighted by Crippen LogP contribution is -2.29. The minimum Gasteiger partial charge on any atom is -0.450 e. The minimum atomic E-state index is -0.600. The van der Waals surface area contributed by atoms with E-state index in [0.717, 1.165) is 16.7 Å². The van der Waals surface area contributed by atoms with Crippen molar-refractivity contribution in [2.45, 2.75) is 19.5 Å². The summed E-state index contributed by atoms with van der Waals surface area (Å²) >= 11 is 12.5. The predicted molar refractivity (Wildman–Crippen MR) is 122 cm³/mol. The van der Waals surface area contributed by atoms with Gasteiger partial charge in [-0.15, -0.1) is 0 Å². The van der Waals surface area contributed by atoms with Crippen molar-refractivity contribution in [2.24, 2.45) is 0 Å². The lowest BCUT2D eigenvalue weighted by Gasteiger charge is -2.25. The first-order valence-corrected chi connectivity index (χ1v) is 10.6. The summed E-state index contributed by atoms with van der Waals surface area (Å²) in [5.41, 5.74) is 3.06. The van der Waals surface area contributed by atoms with Crippen LogP contribution < -0.4 is 5.43 Å². The number of halogens is 2. The second kappa shape index (κ2) is 7.56. The molecular formula is C25H17Cl2NO3. The van der Waals surface area contributed by atoms with Crippen molar-refractivity contribution in [1.29, 1.82) is 0 Å². The highest BCUT2D eigenvalue weighted by atomic mass is 35.5. The molecule has 1 aliphatic heterocycles. The summed E-state index contributed by atoms with van der Waals surface area (Å²) in [5, 5.41) is 1.60. The van der Waals surface area contributed by atoms with Gasteiger partial charge < -0.3 is 9.32 Å². The van der Waals surface area contributed by atoms with Crippen molar-refractivity contribution in [2.75, 3.05) is 0 Å². The number of amides is 1. The Kier molecular flexibility index (Phi) is 4.84.